The number of rotatable bonds is 6. The lowest BCUT2D eigenvalue weighted by Crippen LogP contribution is -2.46. The molecule has 0 amide bonds. The van der Waals surface area contributed by atoms with E-state index in [0.29, 0.717) is 23.5 Å². The number of morpholine rings is 1. The Kier molecular flexibility index (Phi) is 5.00. The Balaban J connectivity index is 1.59. The third-order valence-electron chi connectivity index (χ3n) is 5.39. The van der Waals surface area contributed by atoms with Gasteiger partial charge in [-0.15, -0.1) is 6.58 Å². The smallest absolute Gasteiger partial charge is 0.132 e. The first-order valence-electron chi connectivity index (χ1n) is 9.90. The van der Waals surface area contributed by atoms with E-state index in [2.05, 4.69) is 28.4 Å². The number of nitrogens with two attached hydrogens (primary N) is 1. The van der Waals surface area contributed by atoms with E-state index in [-0.39, 0.29) is 23.5 Å². The summed E-state index contributed by atoms with van der Waals surface area (Å²) >= 11 is 0. The van der Waals surface area contributed by atoms with Gasteiger partial charge in [0.05, 0.1) is 23.6 Å². The minimum atomic E-state index is -0.0909. The van der Waals surface area contributed by atoms with Crippen molar-refractivity contribution in [2.75, 3.05) is 23.7 Å². The number of hydrogen-bond acceptors (Lipinski definition) is 7. The maximum absolute atomic E-state index is 8.70. The monoisotopic (exact) mass is 393 g/mol. The van der Waals surface area contributed by atoms with E-state index in [0.717, 1.165) is 31.0 Å². The SMILES string of the molecule is C=C[C@@H]1CN(c2cc(C(=N)c3cc(OC4(C)CC4)ccc3N)ncn2)C[C@H](C)O1. The highest BCUT2D eigenvalue weighted by atomic mass is 16.5. The second-order valence-corrected chi connectivity index (χ2v) is 8.06. The molecule has 4 rings (SSSR count). The van der Waals surface area contributed by atoms with Gasteiger partial charge in [0.2, 0.25) is 0 Å². The van der Waals surface area contributed by atoms with Crippen LogP contribution in [0.15, 0.2) is 43.2 Å². The van der Waals surface area contributed by atoms with Gasteiger partial charge < -0.3 is 20.1 Å². The molecule has 1 saturated heterocycles. The second-order valence-electron chi connectivity index (χ2n) is 8.06. The Labute approximate surface area is 171 Å². The van der Waals surface area contributed by atoms with E-state index >= 15 is 0 Å². The van der Waals surface area contributed by atoms with Crippen molar-refractivity contribution in [1.29, 1.82) is 5.41 Å². The van der Waals surface area contributed by atoms with Crippen molar-refractivity contribution in [2.45, 2.75) is 44.5 Å². The Bertz CT molecular complexity index is 941. The van der Waals surface area contributed by atoms with E-state index in [1.54, 1.807) is 12.1 Å². The molecule has 1 aromatic carbocycles. The molecule has 2 aliphatic rings. The van der Waals surface area contributed by atoms with Gasteiger partial charge in [-0.05, 0) is 44.9 Å². The van der Waals surface area contributed by atoms with Gasteiger partial charge >= 0.3 is 0 Å². The van der Waals surface area contributed by atoms with Gasteiger partial charge in [0.15, 0.2) is 0 Å². The van der Waals surface area contributed by atoms with Crippen molar-refractivity contribution in [3.63, 3.8) is 0 Å². The van der Waals surface area contributed by atoms with Crippen molar-refractivity contribution in [2.24, 2.45) is 0 Å². The fourth-order valence-electron chi connectivity index (χ4n) is 3.48. The topological polar surface area (TPSA) is 97.4 Å². The third-order valence-corrected chi connectivity index (χ3v) is 5.39. The first kappa shape index (κ1) is 19.4. The van der Waals surface area contributed by atoms with Gasteiger partial charge in [0.1, 0.15) is 23.5 Å². The van der Waals surface area contributed by atoms with Gasteiger partial charge in [-0.25, -0.2) is 9.97 Å². The van der Waals surface area contributed by atoms with Crippen molar-refractivity contribution >= 4 is 17.2 Å². The highest BCUT2D eigenvalue weighted by Gasteiger charge is 2.40. The van der Waals surface area contributed by atoms with Crippen molar-refractivity contribution < 1.29 is 9.47 Å². The van der Waals surface area contributed by atoms with Crippen LogP contribution >= 0.6 is 0 Å². The minimum Gasteiger partial charge on any atom is -0.488 e. The molecule has 7 nitrogen and oxygen atoms in total. The molecule has 2 heterocycles. The standard InChI is InChI=1S/C22H27N5O2/c1-4-15-12-27(11-14(2)28-15)20-10-19(25-13-26-20)21(24)17-9-16(5-6-18(17)23)29-22(3)7-8-22/h4-6,9-10,13-15,24H,1,7-8,11-12,23H2,2-3H3/t14-,15+/m0/s1. The molecule has 1 aliphatic carbocycles. The molecule has 1 aliphatic heterocycles. The summed E-state index contributed by atoms with van der Waals surface area (Å²) in [7, 11) is 0. The molecule has 0 unspecified atom stereocenters. The lowest BCUT2D eigenvalue weighted by molar-refractivity contribution is 0.0102. The molecule has 152 valence electrons. The summed E-state index contributed by atoms with van der Waals surface area (Å²) in [6.07, 6.45) is 5.40. The van der Waals surface area contributed by atoms with Crippen LogP contribution in [0.1, 0.15) is 37.9 Å². The Hall–Kier alpha value is -2.93. The Morgan fingerprint density at radius 2 is 2.14 bits per heavy atom. The van der Waals surface area contributed by atoms with Gasteiger partial charge in [0, 0.05) is 30.4 Å². The maximum atomic E-state index is 8.70. The molecule has 3 N–H and O–H groups in total. The molecule has 0 spiro atoms. The van der Waals surface area contributed by atoms with Crippen LogP contribution < -0.4 is 15.4 Å². The molecule has 1 saturated carbocycles. The average Bonchev–Trinajstić information content (AvgIpc) is 3.45. The lowest BCUT2D eigenvalue weighted by atomic mass is 10.0. The Morgan fingerprint density at radius 1 is 1.34 bits per heavy atom. The molecule has 2 atom stereocenters. The van der Waals surface area contributed by atoms with Crippen LogP contribution in [0.3, 0.4) is 0 Å². The average molecular weight is 393 g/mol. The van der Waals surface area contributed by atoms with Gasteiger partial charge in [-0.1, -0.05) is 6.08 Å². The normalized spacial score (nSPS) is 22.8. The number of benzene rings is 1. The molecular weight excluding hydrogens is 366 g/mol. The van der Waals surface area contributed by atoms with Crippen LogP contribution in [-0.2, 0) is 4.74 Å². The molecule has 0 radical (unpaired) electrons. The van der Waals surface area contributed by atoms with Crippen LogP contribution in [0.25, 0.3) is 0 Å². The number of anilines is 2. The summed E-state index contributed by atoms with van der Waals surface area (Å²) in [4.78, 5) is 10.9. The summed E-state index contributed by atoms with van der Waals surface area (Å²) in [5.41, 5.74) is 7.97. The van der Waals surface area contributed by atoms with Crippen LogP contribution in [0, 0.1) is 5.41 Å². The summed E-state index contributed by atoms with van der Waals surface area (Å²) < 4.78 is 11.9. The van der Waals surface area contributed by atoms with Crippen molar-refractivity contribution in [1.82, 2.24) is 9.97 Å². The molecule has 29 heavy (non-hydrogen) atoms. The summed E-state index contributed by atoms with van der Waals surface area (Å²) in [5.74, 6) is 1.49. The first-order valence-corrected chi connectivity index (χ1v) is 9.90. The maximum Gasteiger partial charge on any atom is 0.132 e. The molecule has 1 aromatic heterocycles. The summed E-state index contributed by atoms with van der Waals surface area (Å²) in [5, 5.41) is 8.70. The van der Waals surface area contributed by atoms with Crippen molar-refractivity contribution in [3.05, 3.63) is 54.5 Å². The largest absolute Gasteiger partial charge is 0.488 e. The lowest BCUT2D eigenvalue weighted by Gasteiger charge is -2.36. The predicted octanol–water partition coefficient (Wildman–Crippen LogP) is 3.19. The van der Waals surface area contributed by atoms with Crippen LogP contribution in [0.5, 0.6) is 5.75 Å². The van der Waals surface area contributed by atoms with Gasteiger partial charge in [0.25, 0.3) is 0 Å². The molecular formula is C22H27N5O2. The van der Waals surface area contributed by atoms with Crippen LogP contribution in [0.2, 0.25) is 0 Å². The number of nitrogen functional groups attached to an aromatic ring is 1. The van der Waals surface area contributed by atoms with Crippen LogP contribution in [0.4, 0.5) is 11.5 Å². The molecule has 2 aromatic rings. The highest BCUT2D eigenvalue weighted by molar-refractivity contribution is 6.13. The first-order chi connectivity index (χ1) is 13.9. The fraction of sp³-hybridized carbons (Fsp3) is 0.409. The van der Waals surface area contributed by atoms with Crippen LogP contribution in [-0.4, -0.2) is 46.6 Å². The van der Waals surface area contributed by atoms with Gasteiger partial charge in [-0.3, -0.25) is 5.41 Å². The highest BCUT2D eigenvalue weighted by Crippen LogP contribution is 2.40. The quantitative estimate of drug-likeness (QED) is 0.444. The zero-order valence-electron chi connectivity index (χ0n) is 16.9. The van der Waals surface area contributed by atoms with Crippen molar-refractivity contribution in [3.8, 4) is 5.75 Å². The van der Waals surface area contributed by atoms with E-state index in [1.807, 2.05) is 25.1 Å². The number of nitrogens with zero attached hydrogens (tertiary/aromatic N) is 3. The third kappa shape index (κ3) is 4.24. The second kappa shape index (κ2) is 7.48. The zero-order chi connectivity index (χ0) is 20.6. The molecule has 7 heteroatoms. The number of nitrogens with one attached hydrogen (secondary N) is 1. The fourth-order valence-corrected chi connectivity index (χ4v) is 3.48. The zero-order valence-corrected chi connectivity index (χ0v) is 16.9. The van der Waals surface area contributed by atoms with E-state index < -0.39 is 0 Å². The summed E-state index contributed by atoms with van der Waals surface area (Å²) in [6, 6.07) is 7.29. The summed E-state index contributed by atoms with van der Waals surface area (Å²) in [6.45, 7) is 9.34. The number of aromatic nitrogens is 2. The minimum absolute atomic E-state index is 0.0510. The number of hydrogen-bond donors (Lipinski definition) is 2. The molecule has 2 fully saturated rings. The van der Waals surface area contributed by atoms with Gasteiger partial charge in [-0.2, -0.15) is 0 Å². The molecule has 0 bridgehead atoms. The Morgan fingerprint density at radius 3 is 2.86 bits per heavy atom. The predicted molar refractivity (Wildman–Crippen MR) is 114 cm³/mol. The van der Waals surface area contributed by atoms with E-state index in [1.165, 1.54) is 6.33 Å². The van der Waals surface area contributed by atoms with E-state index in [4.69, 9.17) is 20.6 Å². The van der Waals surface area contributed by atoms with E-state index in [9.17, 15) is 0 Å². The number of ether oxygens (including phenoxy) is 2.